The molecule has 0 aliphatic heterocycles. The number of para-hydroxylation sites is 2. The lowest BCUT2D eigenvalue weighted by Gasteiger charge is -2.08. The van der Waals surface area contributed by atoms with Gasteiger partial charge in [0, 0.05) is 0 Å². The van der Waals surface area contributed by atoms with E-state index in [4.69, 9.17) is 0 Å². The average Bonchev–Trinajstić information content (AvgIpc) is 2.40. The Morgan fingerprint density at radius 1 is 1.10 bits per heavy atom. The van der Waals surface area contributed by atoms with E-state index in [0.29, 0.717) is 10.9 Å². The SMILES string of the molecule is Cc1ccc2c(=O)n(-c3ccccc3O)c(=O)[nH]c2c1. The van der Waals surface area contributed by atoms with E-state index < -0.39 is 11.2 Å². The van der Waals surface area contributed by atoms with Gasteiger partial charge in [0.05, 0.1) is 16.6 Å². The number of hydrogen-bond acceptors (Lipinski definition) is 3. The number of benzene rings is 2. The standard InChI is InChI=1S/C15H12N2O3/c1-9-6-7-10-11(8-9)16-15(20)17(14(10)19)12-4-2-3-5-13(12)18/h2-8,18H,1H3,(H,16,20). The zero-order valence-corrected chi connectivity index (χ0v) is 10.8. The molecule has 0 spiro atoms. The van der Waals surface area contributed by atoms with E-state index in [1.54, 1.807) is 30.3 Å². The highest BCUT2D eigenvalue weighted by Crippen LogP contribution is 2.18. The minimum absolute atomic E-state index is 0.119. The zero-order valence-electron chi connectivity index (χ0n) is 10.8. The maximum absolute atomic E-state index is 12.4. The number of H-pyrrole nitrogens is 1. The lowest BCUT2D eigenvalue weighted by molar-refractivity contribution is 0.471. The van der Waals surface area contributed by atoms with Crippen molar-refractivity contribution in [3.05, 3.63) is 68.9 Å². The summed E-state index contributed by atoms with van der Waals surface area (Å²) in [5.74, 6) is -0.119. The topological polar surface area (TPSA) is 75.1 Å². The smallest absolute Gasteiger partial charge is 0.333 e. The molecule has 0 aliphatic rings. The van der Waals surface area contributed by atoms with Crippen LogP contribution in [0.1, 0.15) is 5.56 Å². The number of aromatic amines is 1. The van der Waals surface area contributed by atoms with Gasteiger partial charge >= 0.3 is 5.69 Å². The molecule has 0 atom stereocenters. The molecule has 5 nitrogen and oxygen atoms in total. The van der Waals surface area contributed by atoms with Crippen LogP contribution in [-0.4, -0.2) is 14.7 Å². The van der Waals surface area contributed by atoms with Crippen molar-refractivity contribution in [1.82, 2.24) is 9.55 Å². The van der Waals surface area contributed by atoms with Gasteiger partial charge in [-0.05, 0) is 36.8 Å². The van der Waals surface area contributed by atoms with Crippen LogP contribution in [0.5, 0.6) is 5.75 Å². The predicted octanol–water partition coefficient (Wildman–Crippen LogP) is 1.69. The predicted molar refractivity (Wildman–Crippen MR) is 76.6 cm³/mol. The Hall–Kier alpha value is -2.82. The highest BCUT2D eigenvalue weighted by molar-refractivity contribution is 5.78. The van der Waals surface area contributed by atoms with E-state index in [1.807, 2.05) is 6.92 Å². The summed E-state index contributed by atoms with van der Waals surface area (Å²) in [6.07, 6.45) is 0. The lowest BCUT2D eigenvalue weighted by atomic mass is 10.2. The number of fused-ring (bicyclic) bond motifs is 1. The number of aromatic nitrogens is 2. The van der Waals surface area contributed by atoms with Crippen LogP contribution in [0.25, 0.3) is 16.6 Å². The van der Waals surface area contributed by atoms with Crippen LogP contribution in [0.3, 0.4) is 0 Å². The van der Waals surface area contributed by atoms with E-state index in [9.17, 15) is 14.7 Å². The fourth-order valence-corrected chi connectivity index (χ4v) is 2.20. The van der Waals surface area contributed by atoms with Crippen molar-refractivity contribution < 1.29 is 5.11 Å². The first-order chi connectivity index (χ1) is 9.58. The van der Waals surface area contributed by atoms with Gasteiger partial charge in [-0.2, -0.15) is 0 Å². The molecule has 3 aromatic rings. The van der Waals surface area contributed by atoms with E-state index in [0.717, 1.165) is 10.1 Å². The number of phenolic OH excluding ortho intramolecular Hbond substituents is 1. The number of aromatic hydroxyl groups is 1. The molecule has 0 aliphatic carbocycles. The van der Waals surface area contributed by atoms with Crippen molar-refractivity contribution in [2.45, 2.75) is 6.92 Å². The van der Waals surface area contributed by atoms with Crippen molar-refractivity contribution in [1.29, 1.82) is 0 Å². The van der Waals surface area contributed by atoms with Crippen LogP contribution in [0, 0.1) is 6.92 Å². The maximum atomic E-state index is 12.4. The Balaban J connectivity index is 2.44. The third kappa shape index (κ3) is 1.80. The molecule has 100 valence electrons. The first-order valence-electron chi connectivity index (χ1n) is 6.12. The van der Waals surface area contributed by atoms with Gasteiger partial charge in [0.25, 0.3) is 5.56 Å². The second-order valence-corrected chi connectivity index (χ2v) is 4.61. The molecule has 0 saturated heterocycles. The van der Waals surface area contributed by atoms with Crippen LogP contribution < -0.4 is 11.2 Å². The average molecular weight is 268 g/mol. The summed E-state index contributed by atoms with van der Waals surface area (Å²) in [5, 5.41) is 10.2. The minimum atomic E-state index is -0.574. The van der Waals surface area contributed by atoms with Gasteiger partial charge < -0.3 is 10.1 Å². The van der Waals surface area contributed by atoms with Crippen molar-refractivity contribution in [3.8, 4) is 11.4 Å². The summed E-state index contributed by atoms with van der Waals surface area (Å²) >= 11 is 0. The van der Waals surface area contributed by atoms with Gasteiger partial charge in [-0.3, -0.25) is 4.79 Å². The summed E-state index contributed by atoms with van der Waals surface area (Å²) in [6.45, 7) is 1.88. The second kappa shape index (κ2) is 4.38. The molecule has 3 rings (SSSR count). The first kappa shape index (κ1) is 12.2. The van der Waals surface area contributed by atoms with E-state index >= 15 is 0 Å². The van der Waals surface area contributed by atoms with Crippen LogP contribution >= 0.6 is 0 Å². The maximum Gasteiger partial charge on any atom is 0.333 e. The van der Waals surface area contributed by atoms with Gasteiger partial charge in [0.15, 0.2) is 0 Å². The normalized spacial score (nSPS) is 10.8. The van der Waals surface area contributed by atoms with Crippen molar-refractivity contribution >= 4 is 10.9 Å². The molecule has 0 fully saturated rings. The molecule has 20 heavy (non-hydrogen) atoms. The Bertz CT molecular complexity index is 922. The molecular weight excluding hydrogens is 256 g/mol. The monoisotopic (exact) mass is 268 g/mol. The molecular formula is C15H12N2O3. The quantitative estimate of drug-likeness (QED) is 0.705. The third-order valence-corrected chi connectivity index (χ3v) is 3.18. The molecule has 0 unspecified atom stereocenters. The zero-order chi connectivity index (χ0) is 14.3. The molecule has 0 amide bonds. The van der Waals surface area contributed by atoms with Crippen LogP contribution in [0.15, 0.2) is 52.1 Å². The van der Waals surface area contributed by atoms with Crippen molar-refractivity contribution in [2.75, 3.05) is 0 Å². The minimum Gasteiger partial charge on any atom is -0.506 e. The molecule has 5 heteroatoms. The molecule has 2 N–H and O–H groups in total. The highest BCUT2D eigenvalue weighted by atomic mass is 16.3. The second-order valence-electron chi connectivity index (χ2n) is 4.61. The van der Waals surface area contributed by atoms with Crippen molar-refractivity contribution in [3.63, 3.8) is 0 Å². The fourth-order valence-electron chi connectivity index (χ4n) is 2.20. The van der Waals surface area contributed by atoms with Gasteiger partial charge in [-0.25, -0.2) is 9.36 Å². The van der Waals surface area contributed by atoms with E-state index in [1.165, 1.54) is 12.1 Å². The summed E-state index contributed by atoms with van der Waals surface area (Å²) in [7, 11) is 0. The van der Waals surface area contributed by atoms with Gasteiger partial charge in [-0.1, -0.05) is 18.2 Å². The largest absolute Gasteiger partial charge is 0.506 e. The molecule has 2 aromatic carbocycles. The number of nitrogens with one attached hydrogen (secondary N) is 1. The Kier molecular flexibility index (Phi) is 2.68. The van der Waals surface area contributed by atoms with E-state index in [2.05, 4.69) is 4.98 Å². The lowest BCUT2D eigenvalue weighted by Crippen LogP contribution is -2.33. The van der Waals surface area contributed by atoms with Crippen LogP contribution in [0.2, 0.25) is 0 Å². The van der Waals surface area contributed by atoms with Gasteiger partial charge in [0.2, 0.25) is 0 Å². The number of aryl methyl sites for hydroxylation is 1. The number of rotatable bonds is 1. The Morgan fingerprint density at radius 3 is 2.60 bits per heavy atom. The summed E-state index contributed by atoms with van der Waals surface area (Å²) in [4.78, 5) is 27.2. The third-order valence-electron chi connectivity index (χ3n) is 3.18. The Morgan fingerprint density at radius 2 is 1.85 bits per heavy atom. The van der Waals surface area contributed by atoms with Crippen LogP contribution in [-0.2, 0) is 0 Å². The van der Waals surface area contributed by atoms with Crippen LogP contribution in [0.4, 0.5) is 0 Å². The van der Waals surface area contributed by atoms with Gasteiger partial charge in [-0.15, -0.1) is 0 Å². The van der Waals surface area contributed by atoms with E-state index in [-0.39, 0.29) is 11.4 Å². The summed E-state index contributed by atoms with van der Waals surface area (Å²) in [6, 6.07) is 11.4. The summed E-state index contributed by atoms with van der Waals surface area (Å²) in [5.41, 5.74) is 0.584. The van der Waals surface area contributed by atoms with Crippen molar-refractivity contribution in [2.24, 2.45) is 0 Å². The number of phenols is 1. The molecule has 0 radical (unpaired) electrons. The molecule has 1 aromatic heterocycles. The highest BCUT2D eigenvalue weighted by Gasteiger charge is 2.12. The molecule has 1 heterocycles. The number of hydrogen-bond donors (Lipinski definition) is 2. The molecule has 0 saturated carbocycles. The summed E-state index contributed by atoms with van der Waals surface area (Å²) < 4.78 is 0.937. The fraction of sp³-hybridized carbons (Fsp3) is 0.0667. The first-order valence-corrected chi connectivity index (χ1v) is 6.12. The molecule has 0 bridgehead atoms. The van der Waals surface area contributed by atoms with Gasteiger partial charge in [0.1, 0.15) is 5.75 Å². The number of nitrogens with zero attached hydrogens (tertiary/aromatic N) is 1. The Labute approximate surface area is 113 Å².